The Labute approximate surface area is 180 Å². The van der Waals surface area contributed by atoms with Gasteiger partial charge in [0.1, 0.15) is 5.75 Å². The van der Waals surface area contributed by atoms with E-state index < -0.39 is 0 Å². The first-order valence-electron chi connectivity index (χ1n) is 10.4. The molecular weight excluding hydrogens is 451 g/mol. The highest BCUT2D eigenvalue weighted by Crippen LogP contribution is 2.29. The average Bonchev–Trinajstić information content (AvgIpc) is 3.40. The minimum atomic E-state index is 0. The molecule has 1 aromatic rings. The average molecular weight is 484 g/mol. The van der Waals surface area contributed by atoms with Crippen LogP contribution in [0.15, 0.2) is 23.2 Å². The van der Waals surface area contributed by atoms with E-state index in [4.69, 9.17) is 9.73 Å². The van der Waals surface area contributed by atoms with Crippen LogP contribution in [-0.2, 0) is 12.8 Å². The van der Waals surface area contributed by atoms with Crippen LogP contribution in [0.3, 0.4) is 0 Å². The molecule has 0 aromatic heterocycles. The number of ether oxygens (including phenoxy) is 1. The molecule has 6 heteroatoms. The standard InChI is InChI=1S/C21H32N4O.HI/c1-2-22-21(24-18-8-12-25(13-9-18)19-4-5-19)23-11-7-16-3-6-20-17(15-16)10-14-26-20;/h3,6,15,18-19H,2,4-5,7-14H2,1H3,(H2,22,23,24);1H. The van der Waals surface area contributed by atoms with Gasteiger partial charge in [-0.15, -0.1) is 24.0 Å². The van der Waals surface area contributed by atoms with Crippen molar-refractivity contribution >= 4 is 29.9 Å². The molecule has 1 saturated heterocycles. The fourth-order valence-corrected chi connectivity index (χ4v) is 4.05. The monoisotopic (exact) mass is 484 g/mol. The van der Waals surface area contributed by atoms with E-state index in [-0.39, 0.29) is 24.0 Å². The lowest BCUT2D eigenvalue weighted by molar-refractivity contribution is 0.197. The van der Waals surface area contributed by atoms with Crippen molar-refractivity contribution in [2.24, 2.45) is 4.99 Å². The molecule has 0 amide bonds. The van der Waals surface area contributed by atoms with Gasteiger partial charge in [-0.05, 0) is 56.2 Å². The summed E-state index contributed by atoms with van der Waals surface area (Å²) in [6.45, 7) is 7.15. The normalized spacial score (nSPS) is 20.6. The number of nitrogens with one attached hydrogen (secondary N) is 2. The topological polar surface area (TPSA) is 48.9 Å². The number of likely N-dealkylation sites (tertiary alicyclic amines) is 1. The molecule has 27 heavy (non-hydrogen) atoms. The Morgan fingerprint density at radius 2 is 2.04 bits per heavy atom. The van der Waals surface area contributed by atoms with Crippen molar-refractivity contribution in [2.45, 2.75) is 57.5 Å². The Morgan fingerprint density at radius 3 is 2.78 bits per heavy atom. The molecule has 0 unspecified atom stereocenters. The Morgan fingerprint density at radius 1 is 1.22 bits per heavy atom. The zero-order chi connectivity index (χ0) is 17.8. The van der Waals surface area contributed by atoms with E-state index in [2.05, 4.69) is 40.7 Å². The number of aliphatic imine (C=N–C) groups is 1. The third-order valence-corrected chi connectivity index (χ3v) is 5.70. The van der Waals surface area contributed by atoms with Gasteiger partial charge in [0.25, 0.3) is 0 Å². The van der Waals surface area contributed by atoms with Crippen molar-refractivity contribution < 1.29 is 4.74 Å². The van der Waals surface area contributed by atoms with Crippen molar-refractivity contribution in [3.63, 3.8) is 0 Å². The highest BCUT2D eigenvalue weighted by Gasteiger charge is 2.31. The van der Waals surface area contributed by atoms with Gasteiger partial charge in [0.05, 0.1) is 6.61 Å². The third kappa shape index (κ3) is 5.73. The number of halogens is 1. The first-order chi connectivity index (χ1) is 12.8. The predicted molar refractivity (Wildman–Crippen MR) is 121 cm³/mol. The molecule has 2 heterocycles. The second-order valence-corrected chi connectivity index (χ2v) is 7.74. The highest BCUT2D eigenvalue weighted by molar-refractivity contribution is 14.0. The largest absolute Gasteiger partial charge is 0.493 e. The first-order valence-corrected chi connectivity index (χ1v) is 10.4. The summed E-state index contributed by atoms with van der Waals surface area (Å²) < 4.78 is 5.59. The minimum absolute atomic E-state index is 0. The molecule has 3 aliphatic rings. The second-order valence-electron chi connectivity index (χ2n) is 7.74. The summed E-state index contributed by atoms with van der Waals surface area (Å²) in [5, 5.41) is 7.07. The Bertz CT molecular complexity index is 639. The van der Waals surface area contributed by atoms with Gasteiger partial charge in [0.15, 0.2) is 5.96 Å². The lowest BCUT2D eigenvalue weighted by atomic mass is 10.1. The van der Waals surface area contributed by atoms with Crippen LogP contribution in [0.2, 0.25) is 0 Å². The Hall–Kier alpha value is -1.02. The van der Waals surface area contributed by atoms with E-state index in [9.17, 15) is 0 Å². The molecule has 2 N–H and O–H groups in total. The van der Waals surface area contributed by atoms with Crippen LogP contribution < -0.4 is 15.4 Å². The summed E-state index contributed by atoms with van der Waals surface area (Å²) in [4.78, 5) is 7.48. The van der Waals surface area contributed by atoms with E-state index in [1.807, 2.05) is 0 Å². The van der Waals surface area contributed by atoms with Crippen LogP contribution in [0.5, 0.6) is 5.75 Å². The van der Waals surface area contributed by atoms with Crippen molar-refractivity contribution in [1.29, 1.82) is 0 Å². The minimum Gasteiger partial charge on any atom is -0.493 e. The van der Waals surface area contributed by atoms with E-state index in [0.29, 0.717) is 6.04 Å². The molecule has 0 spiro atoms. The number of rotatable bonds is 6. The fraction of sp³-hybridized carbons (Fsp3) is 0.667. The maximum Gasteiger partial charge on any atom is 0.191 e. The number of benzene rings is 1. The lowest BCUT2D eigenvalue weighted by Gasteiger charge is -2.33. The van der Waals surface area contributed by atoms with Gasteiger partial charge >= 0.3 is 0 Å². The summed E-state index contributed by atoms with van der Waals surface area (Å²) in [7, 11) is 0. The Balaban J connectivity index is 0.00000210. The van der Waals surface area contributed by atoms with E-state index in [0.717, 1.165) is 50.3 Å². The molecule has 0 radical (unpaired) electrons. The molecule has 150 valence electrons. The van der Waals surface area contributed by atoms with Crippen LogP contribution in [0.25, 0.3) is 0 Å². The number of hydrogen-bond acceptors (Lipinski definition) is 3. The van der Waals surface area contributed by atoms with Crippen LogP contribution in [0.4, 0.5) is 0 Å². The van der Waals surface area contributed by atoms with Crippen molar-refractivity contribution in [2.75, 3.05) is 32.8 Å². The van der Waals surface area contributed by atoms with Crippen LogP contribution in [0, 0.1) is 0 Å². The summed E-state index contributed by atoms with van der Waals surface area (Å²) in [5.41, 5.74) is 2.70. The van der Waals surface area contributed by atoms with Crippen LogP contribution in [-0.4, -0.2) is 55.7 Å². The molecule has 0 bridgehead atoms. The van der Waals surface area contributed by atoms with Gasteiger partial charge in [-0.3, -0.25) is 4.99 Å². The van der Waals surface area contributed by atoms with Gasteiger partial charge < -0.3 is 20.3 Å². The third-order valence-electron chi connectivity index (χ3n) is 5.70. The van der Waals surface area contributed by atoms with Gasteiger partial charge in [-0.1, -0.05) is 12.1 Å². The van der Waals surface area contributed by atoms with E-state index in [1.165, 1.54) is 49.9 Å². The summed E-state index contributed by atoms with van der Waals surface area (Å²) in [6, 6.07) is 8.02. The number of hydrogen-bond donors (Lipinski definition) is 2. The quantitative estimate of drug-likeness (QED) is 0.371. The van der Waals surface area contributed by atoms with Gasteiger partial charge in [0.2, 0.25) is 0 Å². The second kappa shape index (κ2) is 9.96. The maximum atomic E-state index is 5.59. The zero-order valence-electron chi connectivity index (χ0n) is 16.4. The molecule has 4 rings (SSSR count). The molecule has 1 aliphatic carbocycles. The maximum absolute atomic E-state index is 5.59. The fourth-order valence-electron chi connectivity index (χ4n) is 4.05. The van der Waals surface area contributed by atoms with Gasteiger partial charge in [-0.25, -0.2) is 0 Å². The molecular formula is C21H33IN4O. The molecule has 1 saturated carbocycles. The number of fused-ring (bicyclic) bond motifs is 1. The van der Waals surface area contributed by atoms with E-state index in [1.54, 1.807) is 0 Å². The lowest BCUT2D eigenvalue weighted by Crippen LogP contribution is -2.49. The van der Waals surface area contributed by atoms with Crippen molar-refractivity contribution in [3.05, 3.63) is 29.3 Å². The molecule has 5 nitrogen and oxygen atoms in total. The summed E-state index contributed by atoms with van der Waals surface area (Å²) in [5.74, 6) is 2.03. The van der Waals surface area contributed by atoms with Crippen LogP contribution >= 0.6 is 24.0 Å². The predicted octanol–water partition coefficient (Wildman–Crippen LogP) is 2.96. The number of guanidine groups is 1. The van der Waals surface area contributed by atoms with Crippen molar-refractivity contribution in [1.82, 2.24) is 15.5 Å². The van der Waals surface area contributed by atoms with Gasteiger partial charge in [-0.2, -0.15) is 0 Å². The molecule has 2 fully saturated rings. The molecule has 0 atom stereocenters. The zero-order valence-corrected chi connectivity index (χ0v) is 18.7. The highest BCUT2D eigenvalue weighted by atomic mass is 127. The van der Waals surface area contributed by atoms with Crippen LogP contribution in [0.1, 0.15) is 43.7 Å². The SMILES string of the molecule is CCNC(=NCCc1ccc2c(c1)CCO2)NC1CCN(C2CC2)CC1.I. The number of nitrogens with zero attached hydrogens (tertiary/aromatic N) is 2. The van der Waals surface area contributed by atoms with Gasteiger partial charge in [0, 0.05) is 44.7 Å². The van der Waals surface area contributed by atoms with E-state index >= 15 is 0 Å². The summed E-state index contributed by atoms with van der Waals surface area (Å²) >= 11 is 0. The summed E-state index contributed by atoms with van der Waals surface area (Å²) in [6.07, 6.45) is 7.30. The Kier molecular flexibility index (Phi) is 7.64. The number of piperidine rings is 1. The smallest absolute Gasteiger partial charge is 0.191 e. The first kappa shape index (κ1) is 20.7. The molecule has 1 aromatic carbocycles. The van der Waals surface area contributed by atoms with Crippen molar-refractivity contribution in [3.8, 4) is 5.75 Å². The molecule has 2 aliphatic heterocycles.